The molecule has 0 N–H and O–H groups in total. The van der Waals surface area contributed by atoms with Crippen LogP contribution in [0.25, 0.3) is 0 Å². The second kappa shape index (κ2) is 1.26. The molecule has 2 heteroatoms. The SMILES string of the molecule is O=C(S)C1CC1. The van der Waals surface area contributed by atoms with Gasteiger partial charge in [-0.2, -0.15) is 0 Å². The molecule has 1 rings (SSSR count). The zero-order valence-corrected chi connectivity index (χ0v) is 4.24. The summed E-state index contributed by atoms with van der Waals surface area (Å²) in [6.45, 7) is 0. The van der Waals surface area contributed by atoms with Gasteiger partial charge in [0, 0.05) is 5.92 Å². The molecule has 1 fully saturated rings. The van der Waals surface area contributed by atoms with Crippen LogP contribution in [0.2, 0.25) is 0 Å². The lowest BCUT2D eigenvalue weighted by Crippen LogP contribution is -1.84. The van der Waals surface area contributed by atoms with Crippen molar-refractivity contribution in [2.75, 3.05) is 0 Å². The first-order valence-electron chi connectivity index (χ1n) is 2.03. The molecule has 1 saturated carbocycles. The van der Waals surface area contributed by atoms with E-state index < -0.39 is 0 Å². The molecule has 0 heterocycles. The summed E-state index contributed by atoms with van der Waals surface area (Å²) in [6.07, 6.45) is 2.14. The van der Waals surface area contributed by atoms with Crippen LogP contribution < -0.4 is 0 Å². The van der Waals surface area contributed by atoms with E-state index in [9.17, 15) is 4.79 Å². The normalized spacial score (nSPS) is 20.8. The minimum absolute atomic E-state index is 0.0648. The molecule has 0 saturated heterocycles. The zero-order chi connectivity index (χ0) is 4.57. The first-order valence-corrected chi connectivity index (χ1v) is 2.48. The maximum absolute atomic E-state index is 10.1. The zero-order valence-electron chi connectivity index (χ0n) is 3.35. The lowest BCUT2D eigenvalue weighted by Gasteiger charge is -1.74. The Hall–Kier alpha value is 0.0200. The number of hydrogen-bond acceptors (Lipinski definition) is 1. The molecule has 0 aromatic rings. The molecular weight excluding hydrogens is 96.1 g/mol. The minimum atomic E-state index is 0.0648. The van der Waals surface area contributed by atoms with Gasteiger partial charge in [-0.15, -0.1) is 12.6 Å². The van der Waals surface area contributed by atoms with Crippen LogP contribution in [-0.4, -0.2) is 5.12 Å². The van der Waals surface area contributed by atoms with Gasteiger partial charge in [-0.25, -0.2) is 0 Å². The third kappa shape index (κ3) is 0.744. The van der Waals surface area contributed by atoms with Crippen molar-refractivity contribution < 1.29 is 4.79 Å². The van der Waals surface area contributed by atoms with Crippen LogP contribution in [0.3, 0.4) is 0 Å². The molecule has 6 heavy (non-hydrogen) atoms. The summed E-state index contributed by atoms with van der Waals surface area (Å²) in [6, 6.07) is 0. The maximum Gasteiger partial charge on any atom is 0.188 e. The molecule has 0 aliphatic heterocycles. The standard InChI is InChI=1S/C4H6OS/c5-4(6)3-1-2-3/h3H,1-2H2,(H,5,6). The van der Waals surface area contributed by atoms with Gasteiger partial charge in [-0.1, -0.05) is 0 Å². The van der Waals surface area contributed by atoms with Gasteiger partial charge in [0.1, 0.15) is 0 Å². The molecule has 1 aliphatic rings. The Morgan fingerprint density at radius 1 is 1.67 bits per heavy atom. The Morgan fingerprint density at radius 2 is 2.17 bits per heavy atom. The molecule has 34 valence electrons. The van der Waals surface area contributed by atoms with Crippen LogP contribution in [-0.2, 0) is 4.79 Å². The van der Waals surface area contributed by atoms with Gasteiger partial charge in [0.25, 0.3) is 0 Å². The molecule has 0 aromatic heterocycles. The highest BCUT2D eigenvalue weighted by molar-refractivity contribution is 7.96. The Kier molecular flexibility index (Phi) is 0.880. The van der Waals surface area contributed by atoms with Crippen LogP contribution in [0.4, 0.5) is 0 Å². The molecule has 0 unspecified atom stereocenters. The van der Waals surface area contributed by atoms with E-state index in [0.717, 1.165) is 12.8 Å². The van der Waals surface area contributed by atoms with Gasteiger partial charge in [-0.05, 0) is 12.8 Å². The molecule has 0 aromatic carbocycles. The van der Waals surface area contributed by atoms with Gasteiger partial charge in [0.05, 0.1) is 0 Å². The average molecular weight is 102 g/mol. The van der Waals surface area contributed by atoms with Gasteiger partial charge >= 0.3 is 0 Å². The molecule has 1 nitrogen and oxygen atoms in total. The van der Waals surface area contributed by atoms with Crippen LogP contribution in [0.15, 0.2) is 0 Å². The van der Waals surface area contributed by atoms with Crippen molar-refractivity contribution in [3.05, 3.63) is 0 Å². The van der Waals surface area contributed by atoms with Gasteiger partial charge in [-0.3, -0.25) is 4.79 Å². The summed E-state index contributed by atoms with van der Waals surface area (Å²) >= 11 is 3.62. The fourth-order valence-electron chi connectivity index (χ4n) is 0.330. The smallest absolute Gasteiger partial charge is 0.188 e. The predicted molar refractivity (Wildman–Crippen MR) is 26.7 cm³/mol. The maximum atomic E-state index is 10.1. The number of carbonyl (C=O) groups excluding carboxylic acids is 1. The quantitative estimate of drug-likeness (QED) is 0.486. The Bertz CT molecular complexity index is 75.6. The van der Waals surface area contributed by atoms with E-state index in [1.165, 1.54) is 0 Å². The Labute approximate surface area is 42.1 Å². The topological polar surface area (TPSA) is 17.1 Å². The summed E-state index contributed by atoms with van der Waals surface area (Å²) in [4.78, 5) is 10.1. The lowest BCUT2D eigenvalue weighted by molar-refractivity contribution is -0.111. The van der Waals surface area contributed by atoms with E-state index in [2.05, 4.69) is 12.6 Å². The van der Waals surface area contributed by atoms with Crippen LogP contribution in [0, 0.1) is 5.92 Å². The van der Waals surface area contributed by atoms with E-state index in [-0.39, 0.29) is 5.12 Å². The highest BCUT2D eigenvalue weighted by Gasteiger charge is 2.26. The molecule has 0 amide bonds. The fraction of sp³-hybridized carbons (Fsp3) is 0.750. The van der Waals surface area contributed by atoms with E-state index in [0.29, 0.717) is 5.92 Å². The summed E-state index contributed by atoms with van der Waals surface area (Å²) in [5.74, 6) is 0.327. The summed E-state index contributed by atoms with van der Waals surface area (Å²) in [7, 11) is 0. The van der Waals surface area contributed by atoms with Crippen molar-refractivity contribution in [2.45, 2.75) is 12.8 Å². The van der Waals surface area contributed by atoms with Crippen molar-refractivity contribution >= 4 is 17.7 Å². The third-order valence-corrected chi connectivity index (χ3v) is 1.29. The number of rotatable bonds is 1. The van der Waals surface area contributed by atoms with Crippen molar-refractivity contribution in [1.29, 1.82) is 0 Å². The predicted octanol–water partition coefficient (Wildman–Crippen LogP) is 0.853. The van der Waals surface area contributed by atoms with Gasteiger partial charge in [0.2, 0.25) is 0 Å². The molecule has 1 aliphatic carbocycles. The van der Waals surface area contributed by atoms with Gasteiger partial charge < -0.3 is 0 Å². The molecule has 0 atom stereocenters. The molecule has 0 bridgehead atoms. The molecule has 0 radical (unpaired) electrons. The largest absolute Gasteiger partial charge is 0.287 e. The van der Waals surface area contributed by atoms with E-state index in [1.54, 1.807) is 0 Å². The van der Waals surface area contributed by atoms with Crippen molar-refractivity contribution in [2.24, 2.45) is 5.92 Å². The van der Waals surface area contributed by atoms with Crippen LogP contribution in [0.1, 0.15) is 12.8 Å². The minimum Gasteiger partial charge on any atom is -0.287 e. The van der Waals surface area contributed by atoms with E-state index in [4.69, 9.17) is 0 Å². The second-order valence-corrected chi connectivity index (χ2v) is 2.05. The first-order chi connectivity index (χ1) is 2.80. The van der Waals surface area contributed by atoms with E-state index in [1.807, 2.05) is 0 Å². The Morgan fingerprint density at radius 3 is 2.17 bits per heavy atom. The van der Waals surface area contributed by atoms with Crippen molar-refractivity contribution in [3.63, 3.8) is 0 Å². The average Bonchev–Trinajstić information content (AvgIpc) is 2.06. The number of hydrogen-bond donors (Lipinski definition) is 1. The highest BCUT2D eigenvalue weighted by Crippen LogP contribution is 2.30. The first kappa shape index (κ1) is 4.19. The number of carbonyl (C=O) groups is 1. The summed E-state index contributed by atoms with van der Waals surface area (Å²) < 4.78 is 0. The monoisotopic (exact) mass is 102 g/mol. The number of thiol groups is 1. The highest BCUT2D eigenvalue weighted by atomic mass is 32.1. The summed E-state index contributed by atoms with van der Waals surface area (Å²) in [5.41, 5.74) is 0. The lowest BCUT2D eigenvalue weighted by atomic mass is 10.5. The fourth-order valence-corrected chi connectivity index (χ4v) is 0.588. The van der Waals surface area contributed by atoms with Crippen molar-refractivity contribution in [1.82, 2.24) is 0 Å². The van der Waals surface area contributed by atoms with Crippen LogP contribution in [0.5, 0.6) is 0 Å². The van der Waals surface area contributed by atoms with Crippen molar-refractivity contribution in [3.8, 4) is 0 Å². The molecule has 0 spiro atoms. The second-order valence-electron chi connectivity index (χ2n) is 1.61. The van der Waals surface area contributed by atoms with Crippen LogP contribution >= 0.6 is 12.6 Å². The van der Waals surface area contributed by atoms with Gasteiger partial charge in [0.15, 0.2) is 5.12 Å². The molecular formula is C4H6OS. The van der Waals surface area contributed by atoms with E-state index >= 15 is 0 Å². The Balaban J connectivity index is 2.31. The third-order valence-electron chi connectivity index (χ3n) is 0.927. The summed E-state index contributed by atoms with van der Waals surface area (Å²) in [5, 5.41) is 0.0648.